The van der Waals surface area contributed by atoms with Crippen LogP contribution in [-0.4, -0.2) is 23.8 Å². The summed E-state index contributed by atoms with van der Waals surface area (Å²) in [6, 6.07) is 7.63. The lowest BCUT2D eigenvalue weighted by atomic mass is 10.1. The summed E-state index contributed by atoms with van der Waals surface area (Å²) in [5.41, 5.74) is 3.57. The molecule has 9 heteroatoms. The van der Waals surface area contributed by atoms with Crippen LogP contribution < -0.4 is 0 Å². The molecular weight excluding hydrogens is 376 g/mol. The van der Waals surface area contributed by atoms with Crippen LogP contribution in [0.4, 0.5) is 11.4 Å². The van der Waals surface area contributed by atoms with Gasteiger partial charge in [0.15, 0.2) is 11.1 Å². The fraction of sp³-hybridized carbons (Fsp3) is 0.294. The first-order valence-corrected chi connectivity index (χ1v) is 10.3. The molecule has 2 rings (SSSR count). The van der Waals surface area contributed by atoms with Crippen LogP contribution in [0.2, 0.25) is 0 Å². The Morgan fingerprint density at radius 3 is 2.23 bits per heavy atom. The molecule has 0 bridgehead atoms. The quantitative estimate of drug-likeness (QED) is 0.578. The zero-order valence-corrected chi connectivity index (χ0v) is 16.5. The van der Waals surface area contributed by atoms with Crippen LogP contribution in [0.3, 0.4) is 0 Å². The third-order valence-electron chi connectivity index (χ3n) is 3.70. The van der Waals surface area contributed by atoms with E-state index < -0.39 is 26.1 Å². The van der Waals surface area contributed by atoms with Crippen LogP contribution in [0.15, 0.2) is 50.4 Å². The van der Waals surface area contributed by atoms with Gasteiger partial charge in [-0.25, -0.2) is 4.21 Å². The number of aryl methyl sites for hydroxylation is 3. The molecule has 140 valence electrons. The zero-order chi connectivity index (χ0) is 19.5. The summed E-state index contributed by atoms with van der Waals surface area (Å²) < 4.78 is 49.7. The van der Waals surface area contributed by atoms with Gasteiger partial charge in [0.05, 0.1) is 17.2 Å². The molecule has 0 spiro atoms. The van der Waals surface area contributed by atoms with Crippen LogP contribution >= 0.6 is 0 Å². The minimum Gasteiger partial charge on any atom is -0.287 e. The molecule has 7 nitrogen and oxygen atoms in total. The van der Waals surface area contributed by atoms with Crippen LogP contribution in [0.25, 0.3) is 0 Å². The van der Waals surface area contributed by atoms with E-state index in [1.54, 1.807) is 6.92 Å². The maximum atomic E-state index is 11.9. The molecule has 0 aliphatic rings. The Hall–Kier alpha value is -1.94. The van der Waals surface area contributed by atoms with Gasteiger partial charge in [0.1, 0.15) is 10.6 Å². The lowest BCUT2D eigenvalue weighted by molar-refractivity contribution is 0.371. The van der Waals surface area contributed by atoms with E-state index in [-0.39, 0.29) is 17.2 Å². The highest BCUT2D eigenvalue weighted by atomic mass is 32.2. The van der Waals surface area contributed by atoms with Gasteiger partial charge in [-0.15, -0.1) is 5.11 Å². The highest BCUT2D eigenvalue weighted by Crippen LogP contribution is 2.30. The normalized spacial score (nSPS) is 13.3. The molecular formula is C17H20N2O5S2. The zero-order valence-electron chi connectivity index (χ0n) is 14.9. The molecule has 1 N–H and O–H groups in total. The van der Waals surface area contributed by atoms with Gasteiger partial charge in [0, 0.05) is 0 Å². The van der Waals surface area contributed by atoms with E-state index in [0.717, 1.165) is 22.8 Å². The number of benzene rings is 2. The van der Waals surface area contributed by atoms with Gasteiger partial charge in [0.25, 0.3) is 10.1 Å². The van der Waals surface area contributed by atoms with Gasteiger partial charge >= 0.3 is 0 Å². The molecule has 0 amide bonds. The van der Waals surface area contributed by atoms with Crippen LogP contribution in [0.5, 0.6) is 0 Å². The summed E-state index contributed by atoms with van der Waals surface area (Å²) in [4.78, 5) is -0.367. The van der Waals surface area contributed by atoms with E-state index in [2.05, 4.69) is 10.2 Å². The summed E-state index contributed by atoms with van der Waals surface area (Å²) in [7, 11) is -4.58. The van der Waals surface area contributed by atoms with Crippen molar-refractivity contribution < 1.29 is 21.4 Å². The lowest BCUT2D eigenvalue weighted by Crippen LogP contribution is -2.02. The molecule has 0 saturated heterocycles. The van der Waals surface area contributed by atoms with Gasteiger partial charge in [-0.2, -0.15) is 13.5 Å². The predicted octanol–water partition coefficient (Wildman–Crippen LogP) is 4.33. The molecule has 0 aliphatic heterocycles. The molecule has 0 fully saturated rings. The van der Waals surface area contributed by atoms with E-state index in [0.29, 0.717) is 5.69 Å². The topological polar surface area (TPSA) is 105 Å². The second-order valence-corrected chi connectivity index (χ2v) is 8.24. The van der Waals surface area contributed by atoms with E-state index >= 15 is 0 Å². The second-order valence-electron chi connectivity index (χ2n) is 5.67. The van der Waals surface area contributed by atoms with Gasteiger partial charge in [0.2, 0.25) is 0 Å². The first-order valence-electron chi connectivity index (χ1n) is 7.79. The number of nitrogens with zero attached hydrogens (tertiary/aromatic N) is 2. The predicted molar refractivity (Wildman–Crippen MR) is 99.1 cm³/mol. The second kappa shape index (κ2) is 8.17. The first kappa shape index (κ1) is 20.4. The fourth-order valence-corrected chi connectivity index (χ4v) is 3.69. The van der Waals surface area contributed by atoms with E-state index in [4.69, 9.17) is 4.18 Å². The Balaban J connectivity index is 2.49. The molecule has 2 aromatic rings. The Morgan fingerprint density at radius 2 is 1.62 bits per heavy atom. The van der Waals surface area contributed by atoms with E-state index in [1.807, 2.05) is 32.9 Å². The molecule has 0 aliphatic carbocycles. The highest BCUT2D eigenvalue weighted by Gasteiger charge is 2.19. The van der Waals surface area contributed by atoms with Crippen molar-refractivity contribution in [2.75, 3.05) is 6.61 Å². The van der Waals surface area contributed by atoms with Crippen molar-refractivity contribution >= 4 is 32.6 Å². The highest BCUT2D eigenvalue weighted by molar-refractivity contribution is 7.86. The number of rotatable bonds is 6. The average Bonchev–Trinajstić information content (AvgIpc) is 2.56. The Bertz CT molecular complexity index is 985. The van der Waals surface area contributed by atoms with Crippen molar-refractivity contribution in [2.45, 2.75) is 37.5 Å². The standard InChI is InChI=1S/C17H20N2O5S2/c1-5-24-25(20)14-6-7-15(17(10-14)26(21,22)23)18-19-16-9-12(3)11(2)8-13(16)4/h6-10H,5H2,1-4H3,(H,21,22,23). The fourth-order valence-electron chi connectivity index (χ4n) is 2.22. The molecule has 0 radical (unpaired) electrons. The Labute approximate surface area is 155 Å². The number of hydrogen-bond donors (Lipinski definition) is 1. The van der Waals surface area contributed by atoms with Crippen LogP contribution in [0.1, 0.15) is 23.6 Å². The Kier molecular flexibility index (Phi) is 6.40. The van der Waals surface area contributed by atoms with Crippen molar-refractivity contribution in [1.29, 1.82) is 0 Å². The monoisotopic (exact) mass is 396 g/mol. The van der Waals surface area contributed by atoms with E-state index in [1.165, 1.54) is 12.1 Å². The van der Waals surface area contributed by atoms with Gasteiger partial charge < -0.3 is 0 Å². The molecule has 26 heavy (non-hydrogen) atoms. The lowest BCUT2D eigenvalue weighted by Gasteiger charge is -2.07. The minimum absolute atomic E-state index is 0.0534. The maximum Gasteiger partial charge on any atom is 0.296 e. The van der Waals surface area contributed by atoms with Crippen molar-refractivity contribution in [1.82, 2.24) is 0 Å². The maximum absolute atomic E-state index is 11.9. The van der Waals surface area contributed by atoms with Gasteiger partial charge in [-0.05, 0) is 68.7 Å². The van der Waals surface area contributed by atoms with Crippen molar-refractivity contribution in [3.63, 3.8) is 0 Å². The first-order chi connectivity index (χ1) is 12.1. The molecule has 0 aromatic heterocycles. The van der Waals surface area contributed by atoms with Crippen LogP contribution in [-0.2, 0) is 25.4 Å². The molecule has 0 heterocycles. The minimum atomic E-state index is -4.58. The van der Waals surface area contributed by atoms with E-state index in [9.17, 15) is 17.2 Å². The average molecular weight is 396 g/mol. The smallest absolute Gasteiger partial charge is 0.287 e. The van der Waals surface area contributed by atoms with Gasteiger partial charge in [-0.1, -0.05) is 6.07 Å². The molecule has 1 unspecified atom stereocenters. The van der Waals surface area contributed by atoms with Crippen molar-refractivity contribution in [2.24, 2.45) is 10.2 Å². The summed E-state index contributed by atoms with van der Waals surface area (Å²) in [5, 5.41) is 8.07. The summed E-state index contributed by atoms with van der Waals surface area (Å²) in [5.74, 6) is 0. The molecule has 2 aromatic carbocycles. The Morgan fingerprint density at radius 1 is 1.00 bits per heavy atom. The molecule has 0 saturated carbocycles. The van der Waals surface area contributed by atoms with Crippen molar-refractivity contribution in [3.8, 4) is 0 Å². The number of hydrogen-bond acceptors (Lipinski definition) is 6. The molecule has 1 atom stereocenters. The third-order valence-corrected chi connectivity index (χ3v) is 5.68. The largest absolute Gasteiger partial charge is 0.296 e. The van der Waals surface area contributed by atoms with Crippen LogP contribution in [0, 0.1) is 20.8 Å². The van der Waals surface area contributed by atoms with Crippen molar-refractivity contribution in [3.05, 3.63) is 47.0 Å². The third kappa shape index (κ3) is 4.82. The van der Waals surface area contributed by atoms with Gasteiger partial charge in [-0.3, -0.25) is 8.74 Å². The number of azo groups is 1. The summed E-state index contributed by atoms with van der Waals surface area (Å²) in [6.45, 7) is 7.66. The summed E-state index contributed by atoms with van der Waals surface area (Å²) >= 11 is -1.83. The summed E-state index contributed by atoms with van der Waals surface area (Å²) in [6.07, 6.45) is 0. The SMILES string of the molecule is CCOS(=O)c1ccc(N=Nc2cc(C)c(C)cc2C)c(S(=O)(=O)O)c1.